The number of benzene rings is 1. The second kappa shape index (κ2) is 4.55. The van der Waals surface area contributed by atoms with Gasteiger partial charge in [-0.25, -0.2) is 9.97 Å². The van der Waals surface area contributed by atoms with Crippen LogP contribution >= 0.6 is 15.9 Å². The molecule has 1 aromatic heterocycles. The van der Waals surface area contributed by atoms with Gasteiger partial charge in [-0.05, 0) is 53.1 Å². The molecule has 4 rings (SSSR count). The number of nitrogen functional groups attached to an aromatic ring is 1. The number of aromatic nitrogens is 2. The topological polar surface area (TPSA) is 51.8 Å². The van der Waals surface area contributed by atoms with Gasteiger partial charge in [0.25, 0.3) is 0 Å². The smallest absolute Gasteiger partial charge is 0.162 e. The van der Waals surface area contributed by atoms with E-state index >= 15 is 0 Å². The highest BCUT2D eigenvalue weighted by atomic mass is 79.9. The van der Waals surface area contributed by atoms with Crippen molar-refractivity contribution in [3.05, 3.63) is 40.0 Å². The number of anilines is 1. The summed E-state index contributed by atoms with van der Waals surface area (Å²) in [6.45, 7) is 0. The van der Waals surface area contributed by atoms with Crippen molar-refractivity contribution in [3.8, 4) is 11.4 Å². The first-order valence-electron chi connectivity index (χ1n) is 7.16. The van der Waals surface area contributed by atoms with Crippen molar-refractivity contribution >= 4 is 21.7 Å². The maximum Gasteiger partial charge on any atom is 0.162 e. The number of nitrogens with zero attached hydrogens (tertiary/aromatic N) is 2. The molecule has 2 N–H and O–H groups in total. The van der Waals surface area contributed by atoms with E-state index in [9.17, 15) is 0 Å². The third-order valence-corrected chi connectivity index (χ3v) is 4.90. The molecule has 0 atom stereocenters. The van der Waals surface area contributed by atoms with Gasteiger partial charge in [0.2, 0.25) is 0 Å². The lowest BCUT2D eigenvalue weighted by molar-refractivity contribution is 0.979. The molecule has 2 fully saturated rings. The summed E-state index contributed by atoms with van der Waals surface area (Å²) >= 11 is 3.54. The Kier molecular flexibility index (Phi) is 2.81. The van der Waals surface area contributed by atoms with Crippen molar-refractivity contribution < 1.29 is 0 Å². The fourth-order valence-electron chi connectivity index (χ4n) is 2.68. The van der Waals surface area contributed by atoms with Gasteiger partial charge in [-0.2, -0.15) is 0 Å². The van der Waals surface area contributed by atoms with Crippen molar-refractivity contribution in [3.63, 3.8) is 0 Å². The molecule has 0 aliphatic heterocycles. The zero-order valence-corrected chi connectivity index (χ0v) is 12.7. The SMILES string of the molecule is Nc1nc(-c2ccccc2C2CC2)nc(C2CC2)c1Br. The van der Waals surface area contributed by atoms with Crippen molar-refractivity contribution in [2.75, 3.05) is 5.73 Å². The Hall–Kier alpha value is -1.42. The maximum atomic E-state index is 6.07. The van der Waals surface area contributed by atoms with Gasteiger partial charge in [0.15, 0.2) is 5.82 Å². The molecule has 2 aromatic rings. The fourth-order valence-corrected chi connectivity index (χ4v) is 3.18. The van der Waals surface area contributed by atoms with Crippen LogP contribution in [0.3, 0.4) is 0 Å². The Labute approximate surface area is 126 Å². The average Bonchev–Trinajstić information content (AvgIpc) is 3.34. The molecule has 20 heavy (non-hydrogen) atoms. The molecule has 0 radical (unpaired) electrons. The minimum absolute atomic E-state index is 0.557. The summed E-state index contributed by atoms with van der Waals surface area (Å²) in [6.07, 6.45) is 4.97. The third-order valence-electron chi connectivity index (χ3n) is 4.09. The van der Waals surface area contributed by atoms with Gasteiger partial charge < -0.3 is 5.73 Å². The Morgan fingerprint density at radius 3 is 2.40 bits per heavy atom. The summed E-state index contributed by atoms with van der Waals surface area (Å²) < 4.78 is 0.882. The van der Waals surface area contributed by atoms with Crippen LogP contribution in [0.5, 0.6) is 0 Å². The third kappa shape index (κ3) is 2.12. The van der Waals surface area contributed by atoms with E-state index in [1.165, 1.54) is 31.2 Å². The minimum Gasteiger partial charge on any atom is -0.383 e. The van der Waals surface area contributed by atoms with Crippen molar-refractivity contribution in [2.45, 2.75) is 37.5 Å². The Morgan fingerprint density at radius 2 is 1.70 bits per heavy atom. The first-order valence-corrected chi connectivity index (χ1v) is 7.95. The molecule has 1 heterocycles. The highest BCUT2D eigenvalue weighted by molar-refractivity contribution is 9.10. The summed E-state index contributed by atoms with van der Waals surface area (Å²) in [5, 5.41) is 0. The standard InChI is InChI=1S/C16H16BrN3/c17-13-14(10-7-8-10)19-16(20-15(13)18)12-4-2-1-3-11(12)9-5-6-9/h1-4,9-10H,5-8H2,(H2,18,19,20). The summed E-state index contributed by atoms with van der Waals surface area (Å²) in [7, 11) is 0. The van der Waals surface area contributed by atoms with Gasteiger partial charge in [-0.15, -0.1) is 0 Å². The molecule has 2 aliphatic carbocycles. The van der Waals surface area contributed by atoms with Crippen molar-refractivity contribution in [1.82, 2.24) is 9.97 Å². The van der Waals surface area contributed by atoms with Crippen LogP contribution in [0.2, 0.25) is 0 Å². The molecule has 0 amide bonds. The van der Waals surface area contributed by atoms with Crippen molar-refractivity contribution in [1.29, 1.82) is 0 Å². The van der Waals surface area contributed by atoms with Crippen LogP contribution in [0.15, 0.2) is 28.7 Å². The number of nitrogens with two attached hydrogens (primary N) is 1. The Morgan fingerprint density at radius 1 is 1.00 bits per heavy atom. The van der Waals surface area contributed by atoms with Crippen LogP contribution in [0.1, 0.15) is 48.8 Å². The van der Waals surface area contributed by atoms with E-state index in [1.807, 2.05) is 0 Å². The Balaban J connectivity index is 1.86. The van der Waals surface area contributed by atoms with E-state index in [4.69, 9.17) is 10.7 Å². The van der Waals surface area contributed by atoms with Gasteiger partial charge in [-0.3, -0.25) is 0 Å². The monoisotopic (exact) mass is 329 g/mol. The molecule has 0 spiro atoms. The number of rotatable bonds is 3. The number of halogens is 1. The second-order valence-corrected chi connectivity index (χ2v) is 6.56. The second-order valence-electron chi connectivity index (χ2n) is 5.77. The zero-order chi connectivity index (χ0) is 13.7. The Bertz CT molecular complexity index is 675. The van der Waals surface area contributed by atoms with Gasteiger partial charge in [0, 0.05) is 11.5 Å². The van der Waals surface area contributed by atoms with Gasteiger partial charge in [0.1, 0.15) is 5.82 Å². The molecule has 2 saturated carbocycles. The molecule has 0 saturated heterocycles. The molecule has 4 heteroatoms. The number of hydrogen-bond donors (Lipinski definition) is 1. The zero-order valence-electron chi connectivity index (χ0n) is 11.1. The molecule has 1 aromatic carbocycles. The molecular weight excluding hydrogens is 314 g/mol. The molecule has 2 aliphatic rings. The van der Waals surface area contributed by atoms with Crippen LogP contribution in [0.4, 0.5) is 5.82 Å². The number of hydrogen-bond acceptors (Lipinski definition) is 3. The van der Waals surface area contributed by atoms with Crippen LogP contribution in [-0.2, 0) is 0 Å². The normalized spacial score (nSPS) is 18.2. The largest absolute Gasteiger partial charge is 0.383 e. The molecule has 0 bridgehead atoms. The summed E-state index contributed by atoms with van der Waals surface area (Å²) in [4.78, 5) is 9.30. The quantitative estimate of drug-likeness (QED) is 0.916. The van der Waals surface area contributed by atoms with E-state index in [1.54, 1.807) is 0 Å². The highest BCUT2D eigenvalue weighted by Crippen LogP contribution is 2.46. The van der Waals surface area contributed by atoms with E-state index in [-0.39, 0.29) is 0 Å². The summed E-state index contributed by atoms with van der Waals surface area (Å²) in [5.74, 6) is 2.59. The predicted molar refractivity (Wildman–Crippen MR) is 83.5 cm³/mol. The van der Waals surface area contributed by atoms with Crippen LogP contribution in [0, 0.1) is 0 Å². The van der Waals surface area contributed by atoms with Crippen LogP contribution in [-0.4, -0.2) is 9.97 Å². The lowest BCUT2D eigenvalue weighted by Crippen LogP contribution is -2.03. The van der Waals surface area contributed by atoms with Gasteiger partial charge in [-0.1, -0.05) is 24.3 Å². The molecule has 3 nitrogen and oxygen atoms in total. The first kappa shape index (κ1) is 12.3. The van der Waals surface area contributed by atoms with Crippen LogP contribution < -0.4 is 5.73 Å². The maximum absolute atomic E-state index is 6.07. The minimum atomic E-state index is 0.557. The average molecular weight is 330 g/mol. The molecule has 0 unspecified atom stereocenters. The lowest BCUT2D eigenvalue weighted by Gasteiger charge is -2.11. The van der Waals surface area contributed by atoms with E-state index < -0.39 is 0 Å². The molecule has 102 valence electrons. The van der Waals surface area contributed by atoms with E-state index in [2.05, 4.69) is 45.2 Å². The fraction of sp³-hybridized carbons (Fsp3) is 0.375. The van der Waals surface area contributed by atoms with Gasteiger partial charge in [0.05, 0.1) is 10.2 Å². The van der Waals surface area contributed by atoms with Crippen LogP contribution in [0.25, 0.3) is 11.4 Å². The lowest BCUT2D eigenvalue weighted by atomic mass is 10.0. The predicted octanol–water partition coefficient (Wildman–Crippen LogP) is 4.24. The highest BCUT2D eigenvalue weighted by Gasteiger charge is 2.31. The van der Waals surface area contributed by atoms with Crippen molar-refractivity contribution in [2.24, 2.45) is 0 Å². The first-order chi connectivity index (χ1) is 9.74. The summed E-state index contributed by atoms with van der Waals surface area (Å²) in [5.41, 5.74) is 9.67. The summed E-state index contributed by atoms with van der Waals surface area (Å²) in [6, 6.07) is 8.47. The van der Waals surface area contributed by atoms with E-state index in [0.717, 1.165) is 21.6 Å². The molecular formula is C16H16BrN3. The van der Waals surface area contributed by atoms with Gasteiger partial charge >= 0.3 is 0 Å². The van der Waals surface area contributed by atoms with E-state index in [0.29, 0.717) is 17.7 Å².